The summed E-state index contributed by atoms with van der Waals surface area (Å²) in [6.07, 6.45) is 6.29. The van der Waals surface area contributed by atoms with E-state index in [9.17, 15) is 9.18 Å². The van der Waals surface area contributed by atoms with E-state index in [0.29, 0.717) is 11.6 Å². The van der Waals surface area contributed by atoms with Crippen molar-refractivity contribution in [3.63, 3.8) is 0 Å². The van der Waals surface area contributed by atoms with Crippen molar-refractivity contribution in [3.8, 4) is 11.4 Å². The average molecular weight is 375 g/mol. The van der Waals surface area contributed by atoms with E-state index in [0.717, 1.165) is 65.9 Å². The van der Waals surface area contributed by atoms with Crippen LogP contribution in [0, 0.1) is 5.82 Å². The summed E-state index contributed by atoms with van der Waals surface area (Å²) >= 11 is 0. The Hall–Kier alpha value is -3.22. The van der Waals surface area contributed by atoms with Crippen molar-refractivity contribution in [2.45, 2.75) is 37.6 Å². The van der Waals surface area contributed by atoms with Crippen LogP contribution >= 0.6 is 0 Å². The lowest BCUT2D eigenvalue weighted by Crippen LogP contribution is -2.43. The number of aromatic amines is 1. The van der Waals surface area contributed by atoms with Gasteiger partial charge in [0.25, 0.3) is 5.91 Å². The van der Waals surface area contributed by atoms with Crippen molar-refractivity contribution in [2.24, 2.45) is 0 Å². The molecule has 3 aromatic rings. The Bertz CT molecular complexity index is 1150. The molecule has 140 valence electrons. The van der Waals surface area contributed by atoms with Crippen LogP contribution in [0.1, 0.15) is 40.0 Å². The van der Waals surface area contributed by atoms with Crippen LogP contribution in [0.3, 0.4) is 0 Å². The molecule has 1 fully saturated rings. The maximum atomic E-state index is 14.0. The molecule has 1 amide bonds. The molecule has 0 radical (unpaired) electrons. The number of para-hydroxylation sites is 1. The number of hydrogen-bond donors (Lipinski definition) is 3. The highest BCUT2D eigenvalue weighted by molar-refractivity contribution is 6.01. The van der Waals surface area contributed by atoms with Crippen LogP contribution in [0.5, 0.6) is 0 Å². The van der Waals surface area contributed by atoms with Gasteiger partial charge in [-0.2, -0.15) is 0 Å². The first kappa shape index (κ1) is 15.8. The van der Waals surface area contributed by atoms with Gasteiger partial charge in [-0.1, -0.05) is 12.1 Å². The van der Waals surface area contributed by atoms with Gasteiger partial charge in [0.15, 0.2) is 0 Å². The Morgan fingerprint density at radius 3 is 2.86 bits per heavy atom. The van der Waals surface area contributed by atoms with Crippen LogP contribution in [-0.2, 0) is 19.3 Å². The summed E-state index contributed by atoms with van der Waals surface area (Å²) < 4.78 is 14.0. The lowest BCUT2D eigenvalue weighted by Gasteiger charge is -2.23. The minimum absolute atomic E-state index is 0.0264. The van der Waals surface area contributed by atoms with E-state index < -0.39 is 0 Å². The first-order valence-electron chi connectivity index (χ1n) is 9.56. The van der Waals surface area contributed by atoms with Crippen LogP contribution in [0.15, 0.2) is 30.5 Å². The Balaban J connectivity index is 1.43. The molecule has 3 N–H and O–H groups in total. The molecule has 28 heavy (non-hydrogen) atoms. The minimum Gasteiger partial charge on any atom is -0.356 e. The first-order chi connectivity index (χ1) is 13.6. The Kier molecular flexibility index (Phi) is 3.05. The van der Waals surface area contributed by atoms with Crippen molar-refractivity contribution in [3.05, 3.63) is 58.7 Å². The van der Waals surface area contributed by atoms with Gasteiger partial charge in [-0.25, -0.2) is 14.4 Å². The van der Waals surface area contributed by atoms with Crippen LogP contribution in [-0.4, -0.2) is 26.4 Å². The van der Waals surface area contributed by atoms with E-state index in [1.54, 1.807) is 24.4 Å². The fraction of sp³-hybridized carbons (Fsp3) is 0.286. The van der Waals surface area contributed by atoms with Crippen LogP contribution in [0.4, 0.5) is 16.0 Å². The van der Waals surface area contributed by atoms with Crippen molar-refractivity contribution in [1.29, 1.82) is 0 Å². The number of carbonyl (C=O) groups excluding carboxylic acids is 1. The molecule has 1 aromatic carbocycles. The summed E-state index contributed by atoms with van der Waals surface area (Å²) in [6, 6.07) is 6.44. The molecule has 3 aliphatic rings. The number of H-pyrrole nitrogens is 1. The number of benzene rings is 1. The summed E-state index contributed by atoms with van der Waals surface area (Å²) in [7, 11) is 0. The van der Waals surface area contributed by atoms with Crippen LogP contribution < -0.4 is 10.6 Å². The van der Waals surface area contributed by atoms with Crippen molar-refractivity contribution in [2.75, 3.05) is 5.32 Å². The molecule has 6 rings (SSSR count). The maximum Gasteiger partial charge on any atom is 0.253 e. The van der Waals surface area contributed by atoms with Crippen molar-refractivity contribution < 1.29 is 9.18 Å². The molecule has 2 aliphatic carbocycles. The van der Waals surface area contributed by atoms with Gasteiger partial charge in [-0.15, -0.1) is 0 Å². The van der Waals surface area contributed by atoms with Gasteiger partial charge < -0.3 is 15.6 Å². The number of hydrogen-bond acceptors (Lipinski definition) is 4. The number of amides is 1. The third kappa shape index (κ3) is 2.28. The minimum atomic E-state index is -0.355. The molecule has 0 saturated heterocycles. The van der Waals surface area contributed by atoms with E-state index in [2.05, 4.69) is 25.6 Å². The molecular weight excluding hydrogens is 357 g/mol. The van der Waals surface area contributed by atoms with Gasteiger partial charge >= 0.3 is 0 Å². The Morgan fingerprint density at radius 2 is 2.04 bits per heavy atom. The summed E-state index contributed by atoms with van der Waals surface area (Å²) in [5, 5.41) is 6.14. The van der Waals surface area contributed by atoms with E-state index in [-0.39, 0.29) is 17.3 Å². The third-order valence-corrected chi connectivity index (χ3v) is 6.02. The van der Waals surface area contributed by atoms with Gasteiger partial charge in [-0.05, 0) is 48.9 Å². The highest BCUT2D eigenvalue weighted by atomic mass is 19.1. The van der Waals surface area contributed by atoms with Crippen LogP contribution in [0.25, 0.3) is 11.4 Å². The summed E-state index contributed by atoms with van der Waals surface area (Å²) in [4.78, 5) is 25.2. The molecule has 0 atom stereocenters. The molecule has 6 nitrogen and oxygen atoms in total. The van der Waals surface area contributed by atoms with Gasteiger partial charge in [0.05, 0.1) is 22.6 Å². The van der Waals surface area contributed by atoms with Gasteiger partial charge in [0.2, 0.25) is 5.95 Å². The van der Waals surface area contributed by atoms with E-state index >= 15 is 0 Å². The second-order valence-electron chi connectivity index (χ2n) is 7.92. The normalized spacial score (nSPS) is 18.1. The second kappa shape index (κ2) is 5.41. The predicted octanol–water partition coefficient (Wildman–Crippen LogP) is 3.27. The highest BCUT2D eigenvalue weighted by Crippen LogP contribution is 2.45. The molecule has 2 aromatic heterocycles. The fourth-order valence-electron chi connectivity index (χ4n) is 4.40. The number of carbonyl (C=O) groups is 1. The Morgan fingerprint density at radius 1 is 1.18 bits per heavy atom. The number of fused-ring (bicyclic) bond motifs is 5. The molecule has 0 bridgehead atoms. The monoisotopic (exact) mass is 375 g/mol. The Labute approximate surface area is 160 Å². The van der Waals surface area contributed by atoms with Gasteiger partial charge in [-0.3, -0.25) is 4.79 Å². The van der Waals surface area contributed by atoms with E-state index in [1.807, 2.05) is 0 Å². The van der Waals surface area contributed by atoms with Crippen molar-refractivity contribution in [1.82, 2.24) is 20.3 Å². The molecule has 1 aliphatic heterocycles. The topological polar surface area (TPSA) is 82.7 Å². The number of nitrogens with one attached hydrogen (secondary N) is 3. The smallest absolute Gasteiger partial charge is 0.253 e. The van der Waals surface area contributed by atoms with Gasteiger partial charge in [0, 0.05) is 23.9 Å². The quantitative estimate of drug-likeness (QED) is 0.642. The number of rotatable bonds is 2. The lowest BCUT2D eigenvalue weighted by atomic mass is 9.90. The SMILES string of the molecule is O=C1NC2(CC2)Cc2[nH]c3c(c21)CCc1cnc(Nc2ccccc2F)nc1-3. The summed E-state index contributed by atoms with van der Waals surface area (Å²) in [5.41, 5.74) is 5.86. The second-order valence-corrected chi connectivity index (χ2v) is 7.92. The summed E-state index contributed by atoms with van der Waals surface area (Å²) in [5.74, 6) is 0.0112. The third-order valence-electron chi connectivity index (χ3n) is 6.02. The average Bonchev–Trinajstić information content (AvgIpc) is 3.30. The zero-order valence-corrected chi connectivity index (χ0v) is 15.1. The first-order valence-corrected chi connectivity index (χ1v) is 9.56. The zero-order valence-electron chi connectivity index (χ0n) is 15.1. The van der Waals surface area contributed by atoms with Crippen LogP contribution in [0.2, 0.25) is 0 Å². The number of aromatic nitrogens is 3. The predicted molar refractivity (Wildman–Crippen MR) is 102 cm³/mol. The van der Waals surface area contributed by atoms with Crippen molar-refractivity contribution >= 4 is 17.5 Å². The maximum absolute atomic E-state index is 14.0. The standard InChI is InChI=1S/C21H18FN5O/c22-13-3-1-2-4-14(13)25-20-23-10-11-5-6-12-16-15(24-18(12)17(11)26-20)9-21(7-8-21)27-19(16)28/h1-4,10,24H,5-9H2,(H,27,28)(H,23,25,26). The number of nitrogens with zero attached hydrogens (tertiary/aromatic N) is 2. The number of aryl methyl sites for hydroxylation is 1. The van der Waals surface area contributed by atoms with E-state index in [1.165, 1.54) is 6.07 Å². The molecule has 7 heteroatoms. The fourth-order valence-corrected chi connectivity index (χ4v) is 4.40. The number of halogens is 1. The molecule has 3 heterocycles. The molecule has 1 saturated carbocycles. The molecule has 0 unspecified atom stereocenters. The number of anilines is 2. The van der Waals surface area contributed by atoms with E-state index in [4.69, 9.17) is 0 Å². The molecule has 1 spiro atoms. The molecular formula is C21H18FN5O. The highest BCUT2D eigenvalue weighted by Gasteiger charge is 2.49. The summed E-state index contributed by atoms with van der Waals surface area (Å²) in [6.45, 7) is 0. The zero-order chi connectivity index (χ0) is 18.9. The largest absolute Gasteiger partial charge is 0.356 e. The van der Waals surface area contributed by atoms with Gasteiger partial charge in [0.1, 0.15) is 5.82 Å². The lowest BCUT2D eigenvalue weighted by molar-refractivity contribution is 0.0917.